The minimum atomic E-state index is -1.45. The first-order valence-electron chi connectivity index (χ1n) is 7.03. The van der Waals surface area contributed by atoms with Crippen LogP contribution in [0.3, 0.4) is 0 Å². The second-order valence-corrected chi connectivity index (χ2v) is 10.6. The Hall–Kier alpha value is -1.08. The number of hydrogen-bond donors (Lipinski definition) is 0. The summed E-state index contributed by atoms with van der Waals surface area (Å²) >= 11 is 0. The van der Waals surface area contributed by atoms with Crippen molar-refractivity contribution in [3.63, 3.8) is 0 Å². The van der Waals surface area contributed by atoms with Gasteiger partial charge in [0.15, 0.2) is 0 Å². The van der Waals surface area contributed by atoms with Gasteiger partial charge in [0.2, 0.25) is 0 Å². The Labute approximate surface area is 112 Å². The molecule has 96 valence electrons. The summed E-state index contributed by atoms with van der Waals surface area (Å²) in [5, 5.41) is 1.59. The first-order valence-corrected chi connectivity index (χ1v) is 9.82. The van der Waals surface area contributed by atoms with E-state index in [2.05, 4.69) is 75.9 Å². The normalized spacial score (nSPS) is 22.1. The number of benzene rings is 1. The first-order chi connectivity index (χ1) is 8.59. The highest BCUT2D eigenvalue weighted by Crippen LogP contribution is 2.40. The third kappa shape index (κ3) is 2.24. The molecule has 0 aliphatic heterocycles. The predicted octanol–water partition coefficient (Wildman–Crippen LogP) is 4.51. The van der Waals surface area contributed by atoms with Gasteiger partial charge in [0.05, 0.1) is 8.07 Å². The SMILES string of the molecule is CC[Si](C)(c1ccccc1)C1C=CC=C1C(C)C. The van der Waals surface area contributed by atoms with Crippen molar-refractivity contribution in [3.8, 4) is 0 Å². The van der Waals surface area contributed by atoms with Crippen molar-refractivity contribution in [3.05, 3.63) is 54.1 Å². The molecule has 0 fully saturated rings. The highest BCUT2D eigenvalue weighted by molar-refractivity contribution is 6.92. The van der Waals surface area contributed by atoms with Gasteiger partial charge in [0.25, 0.3) is 0 Å². The molecule has 0 bridgehead atoms. The summed E-state index contributed by atoms with van der Waals surface area (Å²) in [6.45, 7) is 9.55. The van der Waals surface area contributed by atoms with Crippen molar-refractivity contribution in [2.24, 2.45) is 5.92 Å². The summed E-state index contributed by atoms with van der Waals surface area (Å²) in [5.41, 5.74) is 2.32. The van der Waals surface area contributed by atoms with Crippen molar-refractivity contribution in [2.75, 3.05) is 0 Å². The molecular weight excluding hydrogens is 232 g/mol. The zero-order chi connectivity index (χ0) is 13.2. The van der Waals surface area contributed by atoms with Gasteiger partial charge in [-0.15, -0.1) is 0 Å². The lowest BCUT2D eigenvalue weighted by Gasteiger charge is -2.35. The van der Waals surface area contributed by atoms with Crippen LogP contribution in [0.5, 0.6) is 0 Å². The molecule has 0 aromatic heterocycles. The number of allylic oxidation sites excluding steroid dienone is 4. The summed E-state index contributed by atoms with van der Waals surface area (Å²) < 4.78 is 0. The second kappa shape index (κ2) is 5.27. The maximum absolute atomic E-state index is 2.54. The maximum atomic E-state index is 2.54. The van der Waals surface area contributed by atoms with E-state index in [4.69, 9.17) is 0 Å². The molecule has 0 nitrogen and oxygen atoms in total. The fourth-order valence-electron chi connectivity index (χ4n) is 3.05. The van der Waals surface area contributed by atoms with Crippen LogP contribution in [-0.4, -0.2) is 8.07 Å². The molecule has 1 aromatic rings. The zero-order valence-electron chi connectivity index (χ0n) is 12.0. The van der Waals surface area contributed by atoms with E-state index in [1.807, 2.05) is 0 Å². The fourth-order valence-corrected chi connectivity index (χ4v) is 6.91. The van der Waals surface area contributed by atoms with E-state index in [9.17, 15) is 0 Å². The van der Waals surface area contributed by atoms with Crippen LogP contribution in [0, 0.1) is 5.92 Å². The topological polar surface area (TPSA) is 0 Å². The van der Waals surface area contributed by atoms with E-state index in [0.717, 1.165) is 0 Å². The summed E-state index contributed by atoms with van der Waals surface area (Å²) in [4.78, 5) is 0. The van der Waals surface area contributed by atoms with E-state index in [1.54, 1.807) is 10.8 Å². The van der Waals surface area contributed by atoms with Crippen LogP contribution >= 0.6 is 0 Å². The van der Waals surface area contributed by atoms with Gasteiger partial charge in [0, 0.05) is 0 Å². The van der Waals surface area contributed by atoms with Crippen molar-refractivity contribution in [1.29, 1.82) is 0 Å². The lowest BCUT2D eigenvalue weighted by molar-refractivity contribution is 0.745. The molecule has 0 heterocycles. The molecule has 0 radical (unpaired) electrons. The Morgan fingerprint density at radius 2 is 1.83 bits per heavy atom. The highest BCUT2D eigenvalue weighted by Gasteiger charge is 2.38. The van der Waals surface area contributed by atoms with Gasteiger partial charge in [-0.2, -0.15) is 0 Å². The molecule has 1 aromatic carbocycles. The van der Waals surface area contributed by atoms with Gasteiger partial charge >= 0.3 is 0 Å². The van der Waals surface area contributed by atoms with Crippen LogP contribution in [0.2, 0.25) is 18.1 Å². The van der Waals surface area contributed by atoms with Gasteiger partial charge in [-0.05, 0) is 11.5 Å². The molecule has 1 heteroatoms. The third-order valence-corrected chi connectivity index (χ3v) is 9.49. The molecule has 0 spiro atoms. The molecule has 2 atom stereocenters. The van der Waals surface area contributed by atoms with E-state index in [-0.39, 0.29) is 0 Å². The Balaban J connectivity index is 2.40. The molecule has 0 saturated heterocycles. The van der Waals surface area contributed by atoms with Crippen molar-refractivity contribution in [2.45, 2.75) is 38.9 Å². The van der Waals surface area contributed by atoms with Crippen LogP contribution < -0.4 is 5.19 Å². The van der Waals surface area contributed by atoms with Crippen LogP contribution in [0.15, 0.2) is 54.1 Å². The van der Waals surface area contributed by atoms with Crippen LogP contribution in [0.4, 0.5) is 0 Å². The molecule has 0 amide bonds. The molecular formula is C17H24Si. The summed E-state index contributed by atoms with van der Waals surface area (Å²) in [6, 6.07) is 12.5. The molecule has 0 N–H and O–H groups in total. The number of hydrogen-bond acceptors (Lipinski definition) is 0. The van der Waals surface area contributed by atoms with E-state index in [0.29, 0.717) is 11.5 Å². The van der Waals surface area contributed by atoms with Crippen molar-refractivity contribution < 1.29 is 0 Å². The zero-order valence-corrected chi connectivity index (χ0v) is 13.0. The second-order valence-electron chi connectivity index (χ2n) is 5.82. The minimum Gasteiger partial charge on any atom is -0.0797 e. The lowest BCUT2D eigenvalue weighted by Crippen LogP contribution is -2.48. The Bertz CT molecular complexity index is 456. The molecule has 2 rings (SSSR count). The summed E-state index contributed by atoms with van der Waals surface area (Å²) in [7, 11) is -1.45. The fraction of sp³-hybridized carbons (Fsp3) is 0.412. The first kappa shape index (κ1) is 13.4. The monoisotopic (exact) mass is 256 g/mol. The highest BCUT2D eigenvalue weighted by atomic mass is 28.3. The third-order valence-electron chi connectivity index (χ3n) is 4.47. The predicted molar refractivity (Wildman–Crippen MR) is 84.0 cm³/mol. The average Bonchev–Trinajstić information content (AvgIpc) is 2.89. The maximum Gasteiger partial charge on any atom is 0.0942 e. The van der Waals surface area contributed by atoms with Gasteiger partial charge in [-0.25, -0.2) is 0 Å². The minimum absolute atomic E-state index is 0.659. The Morgan fingerprint density at radius 1 is 1.17 bits per heavy atom. The van der Waals surface area contributed by atoms with Gasteiger partial charge in [-0.1, -0.05) is 92.7 Å². The van der Waals surface area contributed by atoms with Gasteiger partial charge < -0.3 is 0 Å². The Morgan fingerprint density at radius 3 is 2.39 bits per heavy atom. The lowest BCUT2D eigenvalue weighted by atomic mass is 10.0. The van der Waals surface area contributed by atoms with Crippen LogP contribution in [0.1, 0.15) is 20.8 Å². The summed E-state index contributed by atoms with van der Waals surface area (Å²) in [5.74, 6) is 0.659. The quantitative estimate of drug-likeness (QED) is 0.695. The molecule has 0 saturated carbocycles. The summed E-state index contributed by atoms with van der Waals surface area (Å²) in [6.07, 6.45) is 7.06. The van der Waals surface area contributed by atoms with E-state index >= 15 is 0 Å². The van der Waals surface area contributed by atoms with E-state index in [1.165, 1.54) is 6.04 Å². The van der Waals surface area contributed by atoms with E-state index < -0.39 is 8.07 Å². The molecule has 1 aliphatic carbocycles. The van der Waals surface area contributed by atoms with Gasteiger partial charge in [0.1, 0.15) is 0 Å². The van der Waals surface area contributed by atoms with Crippen LogP contribution in [-0.2, 0) is 0 Å². The van der Waals surface area contributed by atoms with Crippen molar-refractivity contribution >= 4 is 13.3 Å². The Kier molecular flexibility index (Phi) is 3.91. The van der Waals surface area contributed by atoms with Gasteiger partial charge in [-0.3, -0.25) is 0 Å². The smallest absolute Gasteiger partial charge is 0.0797 e. The standard InChI is InChI=1S/C17H24Si/c1-5-18(4,15-10-7-6-8-11-15)17-13-9-12-16(17)14(2)3/h6-14,17H,5H2,1-4H3. The van der Waals surface area contributed by atoms with Crippen molar-refractivity contribution in [1.82, 2.24) is 0 Å². The number of rotatable bonds is 4. The molecule has 18 heavy (non-hydrogen) atoms. The average molecular weight is 256 g/mol. The molecule has 2 unspecified atom stereocenters. The molecule has 1 aliphatic rings. The largest absolute Gasteiger partial charge is 0.0942 e. The van der Waals surface area contributed by atoms with Crippen LogP contribution in [0.25, 0.3) is 0 Å².